The molecule has 1 aromatic carbocycles. The van der Waals surface area contributed by atoms with E-state index in [1.54, 1.807) is 12.6 Å². The third-order valence-electron chi connectivity index (χ3n) is 4.49. The van der Waals surface area contributed by atoms with E-state index >= 15 is 0 Å². The second kappa shape index (κ2) is 7.23. The first kappa shape index (κ1) is 16.1. The van der Waals surface area contributed by atoms with Gasteiger partial charge in [0.25, 0.3) is 5.91 Å². The number of carbonyl (C=O) groups is 1. The lowest BCUT2D eigenvalue weighted by molar-refractivity contribution is -0.00315. The Labute approximate surface area is 141 Å². The zero-order valence-corrected chi connectivity index (χ0v) is 14.4. The SMILES string of the molecule is CO[C@@H]1CCN(C(=O)c2cscn2)C[C@H]1Cc1cccc(C)c1. The third-order valence-corrected chi connectivity index (χ3v) is 5.07. The van der Waals surface area contributed by atoms with Crippen molar-refractivity contribution in [1.29, 1.82) is 0 Å². The molecule has 1 aliphatic heterocycles. The van der Waals surface area contributed by atoms with Crippen molar-refractivity contribution in [2.75, 3.05) is 20.2 Å². The molecule has 1 fully saturated rings. The van der Waals surface area contributed by atoms with Gasteiger partial charge in [-0.25, -0.2) is 4.98 Å². The lowest BCUT2D eigenvalue weighted by Gasteiger charge is -2.37. The van der Waals surface area contributed by atoms with Gasteiger partial charge in [0.2, 0.25) is 0 Å². The molecule has 122 valence electrons. The Morgan fingerprint density at radius 1 is 1.48 bits per heavy atom. The average Bonchev–Trinajstić information content (AvgIpc) is 3.08. The molecule has 1 amide bonds. The molecule has 0 unspecified atom stereocenters. The number of amides is 1. The molecule has 2 atom stereocenters. The number of thiazole rings is 1. The van der Waals surface area contributed by atoms with Crippen LogP contribution in [0.15, 0.2) is 35.2 Å². The molecule has 23 heavy (non-hydrogen) atoms. The van der Waals surface area contributed by atoms with Crippen LogP contribution in [0.3, 0.4) is 0 Å². The van der Waals surface area contributed by atoms with Crippen LogP contribution in [0, 0.1) is 12.8 Å². The number of aryl methyl sites for hydroxylation is 1. The molecule has 0 bridgehead atoms. The van der Waals surface area contributed by atoms with Gasteiger partial charge >= 0.3 is 0 Å². The normalized spacial score (nSPS) is 21.4. The quantitative estimate of drug-likeness (QED) is 0.865. The third kappa shape index (κ3) is 3.79. The number of aromatic nitrogens is 1. The fraction of sp³-hybridized carbons (Fsp3) is 0.444. The topological polar surface area (TPSA) is 42.4 Å². The molecule has 2 aromatic rings. The summed E-state index contributed by atoms with van der Waals surface area (Å²) in [5.74, 6) is 0.355. The number of hydrogen-bond donors (Lipinski definition) is 0. The summed E-state index contributed by atoms with van der Waals surface area (Å²) >= 11 is 1.46. The van der Waals surface area contributed by atoms with Crippen LogP contribution in [-0.2, 0) is 11.2 Å². The van der Waals surface area contributed by atoms with Crippen LogP contribution in [0.2, 0.25) is 0 Å². The number of methoxy groups -OCH3 is 1. The molecule has 0 N–H and O–H groups in total. The van der Waals surface area contributed by atoms with E-state index in [-0.39, 0.29) is 12.0 Å². The molecule has 4 nitrogen and oxygen atoms in total. The standard InChI is InChI=1S/C18H22N2O2S/c1-13-4-3-5-14(8-13)9-15-10-20(7-6-17(15)22-2)18(21)16-11-23-12-19-16/h3-5,8,11-12,15,17H,6-7,9-10H2,1-2H3/t15-,17-/m1/s1. The Morgan fingerprint density at radius 3 is 3.04 bits per heavy atom. The fourth-order valence-electron chi connectivity index (χ4n) is 3.32. The summed E-state index contributed by atoms with van der Waals surface area (Å²) in [5, 5.41) is 1.82. The van der Waals surface area contributed by atoms with Crippen molar-refractivity contribution in [3.05, 3.63) is 52.0 Å². The van der Waals surface area contributed by atoms with Gasteiger partial charge in [0, 0.05) is 31.5 Å². The van der Waals surface area contributed by atoms with E-state index in [1.165, 1.54) is 22.5 Å². The molecule has 0 radical (unpaired) electrons. The molecular formula is C18H22N2O2S. The van der Waals surface area contributed by atoms with Crippen molar-refractivity contribution in [3.63, 3.8) is 0 Å². The predicted octanol–water partition coefficient (Wildman–Crippen LogP) is 3.17. The predicted molar refractivity (Wildman–Crippen MR) is 91.8 cm³/mol. The van der Waals surface area contributed by atoms with Crippen molar-refractivity contribution >= 4 is 17.2 Å². The van der Waals surface area contributed by atoms with Crippen LogP contribution >= 0.6 is 11.3 Å². The van der Waals surface area contributed by atoms with E-state index in [9.17, 15) is 4.79 Å². The number of hydrogen-bond acceptors (Lipinski definition) is 4. The van der Waals surface area contributed by atoms with Crippen molar-refractivity contribution in [2.24, 2.45) is 5.92 Å². The Morgan fingerprint density at radius 2 is 2.35 bits per heavy atom. The van der Waals surface area contributed by atoms with Gasteiger partial charge in [-0.15, -0.1) is 11.3 Å². The maximum absolute atomic E-state index is 12.5. The zero-order valence-electron chi connectivity index (χ0n) is 13.6. The van der Waals surface area contributed by atoms with Gasteiger partial charge < -0.3 is 9.64 Å². The summed E-state index contributed by atoms with van der Waals surface area (Å²) in [5.41, 5.74) is 4.84. The van der Waals surface area contributed by atoms with Crippen molar-refractivity contribution in [1.82, 2.24) is 9.88 Å². The minimum absolute atomic E-state index is 0.0371. The molecule has 0 saturated carbocycles. The van der Waals surface area contributed by atoms with Gasteiger partial charge in [-0.05, 0) is 25.3 Å². The van der Waals surface area contributed by atoms with Crippen LogP contribution in [0.5, 0.6) is 0 Å². The lowest BCUT2D eigenvalue weighted by atomic mass is 9.88. The van der Waals surface area contributed by atoms with Gasteiger partial charge in [-0.2, -0.15) is 0 Å². The van der Waals surface area contributed by atoms with E-state index in [0.29, 0.717) is 11.6 Å². The molecule has 1 saturated heterocycles. The lowest BCUT2D eigenvalue weighted by Crippen LogP contribution is -2.47. The van der Waals surface area contributed by atoms with Gasteiger partial charge in [0.05, 0.1) is 11.6 Å². The maximum atomic E-state index is 12.5. The first-order valence-electron chi connectivity index (χ1n) is 7.93. The number of nitrogens with zero attached hydrogens (tertiary/aromatic N) is 2. The molecule has 3 rings (SSSR count). The van der Waals surface area contributed by atoms with Gasteiger partial charge in [-0.1, -0.05) is 29.8 Å². The summed E-state index contributed by atoms with van der Waals surface area (Å²) < 4.78 is 5.67. The molecule has 1 aromatic heterocycles. The Kier molecular flexibility index (Phi) is 5.08. The zero-order chi connectivity index (χ0) is 16.2. The number of piperidine rings is 1. The monoisotopic (exact) mass is 330 g/mol. The Bertz CT molecular complexity index is 657. The van der Waals surface area contributed by atoms with Crippen LogP contribution in [-0.4, -0.2) is 42.1 Å². The Balaban J connectivity index is 1.72. The average molecular weight is 330 g/mol. The fourth-order valence-corrected chi connectivity index (χ4v) is 3.85. The Hall–Kier alpha value is -1.72. The van der Waals surface area contributed by atoms with Crippen molar-refractivity contribution in [3.8, 4) is 0 Å². The summed E-state index contributed by atoms with van der Waals surface area (Å²) in [6.07, 6.45) is 2.01. The largest absolute Gasteiger partial charge is 0.381 e. The second-order valence-corrected chi connectivity index (χ2v) is 6.86. The highest BCUT2D eigenvalue weighted by Crippen LogP contribution is 2.25. The highest BCUT2D eigenvalue weighted by Gasteiger charge is 2.32. The van der Waals surface area contributed by atoms with E-state index < -0.39 is 0 Å². The second-order valence-electron chi connectivity index (χ2n) is 6.14. The van der Waals surface area contributed by atoms with Gasteiger partial charge in [0.15, 0.2) is 0 Å². The molecule has 0 spiro atoms. The minimum Gasteiger partial charge on any atom is -0.381 e. The summed E-state index contributed by atoms with van der Waals surface area (Å²) in [6, 6.07) is 8.57. The molecule has 2 heterocycles. The summed E-state index contributed by atoms with van der Waals surface area (Å²) in [7, 11) is 1.77. The highest BCUT2D eigenvalue weighted by molar-refractivity contribution is 7.07. The number of rotatable bonds is 4. The van der Waals surface area contributed by atoms with E-state index in [2.05, 4.69) is 36.2 Å². The van der Waals surface area contributed by atoms with E-state index in [1.807, 2.05) is 10.3 Å². The van der Waals surface area contributed by atoms with Crippen molar-refractivity contribution in [2.45, 2.75) is 25.9 Å². The first-order valence-corrected chi connectivity index (χ1v) is 8.87. The number of likely N-dealkylation sites (tertiary alicyclic amines) is 1. The number of ether oxygens (including phenoxy) is 1. The maximum Gasteiger partial charge on any atom is 0.273 e. The highest BCUT2D eigenvalue weighted by atomic mass is 32.1. The summed E-state index contributed by atoms with van der Waals surface area (Å²) in [6.45, 7) is 3.57. The van der Waals surface area contributed by atoms with Crippen LogP contribution < -0.4 is 0 Å². The number of benzene rings is 1. The molecule has 0 aliphatic carbocycles. The smallest absolute Gasteiger partial charge is 0.273 e. The van der Waals surface area contributed by atoms with Gasteiger partial charge in [-0.3, -0.25) is 4.79 Å². The molecular weight excluding hydrogens is 308 g/mol. The van der Waals surface area contributed by atoms with Gasteiger partial charge in [0.1, 0.15) is 5.69 Å². The number of carbonyl (C=O) groups excluding carboxylic acids is 1. The van der Waals surface area contributed by atoms with Crippen LogP contribution in [0.25, 0.3) is 0 Å². The van der Waals surface area contributed by atoms with Crippen LogP contribution in [0.4, 0.5) is 0 Å². The van der Waals surface area contributed by atoms with Crippen LogP contribution in [0.1, 0.15) is 28.0 Å². The van der Waals surface area contributed by atoms with Crippen molar-refractivity contribution < 1.29 is 9.53 Å². The molecule has 1 aliphatic rings. The summed E-state index contributed by atoms with van der Waals surface area (Å²) in [4.78, 5) is 18.6. The van der Waals surface area contributed by atoms with E-state index in [0.717, 1.165) is 25.9 Å². The first-order chi connectivity index (χ1) is 11.2. The molecule has 5 heteroatoms. The van der Waals surface area contributed by atoms with E-state index in [4.69, 9.17) is 4.74 Å². The minimum atomic E-state index is 0.0371.